The molecule has 1 rings (SSSR count). The van der Waals surface area contributed by atoms with E-state index in [9.17, 15) is 4.79 Å². The second kappa shape index (κ2) is 4.50. The van der Waals surface area contributed by atoms with Crippen molar-refractivity contribution in [2.45, 2.75) is 6.92 Å². The third-order valence-corrected chi connectivity index (χ3v) is 1.76. The van der Waals surface area contributed by atoms with Gasteiger partial charge in [0.2, 0.25) is 0 Å². The Hall–Kier alpha value is -1.71. The molecule has 0 spiro atoms. The molecule has 0 aliphatic carbocycles. The van der Waals surface area contributed by atoms with E-state index < -0.39 is 11.9 Å². The Morgan fingerprint density at radius 1 is 1.43 bits per heavy atom. The molecule has 1 atom stereocenters. The summed E-state index contributed by atoms with van der Waals surface area (Å²) in [5.41, 5.74) is 0. The van der Waals surface area contributed by atoms with Gasteiger partial charge in [-0.25, -0.2) is 0 Å². The largest absolute Gasteiger partial charge is 0.508 e. The number of benzene rings is 1. The number of carboxylic acids is 1. The van der Waals surface area contributed by atoms with Gasteiger partial charge in [0.1, 0.15) is 18.1 Å². The van der Waals surface area contributed by atoms with E-state index in [2.05, 4.69) is 0 Å². The molecule has 1 aromatic rings. The maximum Gasteiger partial charge on any atom is 0.309 e. The highest BCUT2D eigenvalue weighted by molar-refractivity contribution is 5.69. The van der Waals surface area contributed by atoms with Gasteiger partial charge in [0.05, 0.1) is 5.92 Å². The van der Waals surface area contributed by atoms with Crippen LogP contribution >= 0.6 is 0 Å². The fraction of sp³-hybridized carbons (Fsp3) is 0.300. The summed E-state index contributed by atoms with van der Waals surface area (Å²) >= 11 is 0. The van der Waals surface area contributed by atoms with E-state index >= 15 is 0 Å². The summed E-state index contributed by atoms with van der Waals surface area (Å²) < 4.78 is 5.19. The molecular formula is C10H12O4. The van der Waals surface area contributed by atoms with Gasteiger partial charge in [-0.15, -0.1) is 0 Å². The van der Waals surface area contributed by atoms with Crippen LogP contribution < -0.4 is 4.74 Å². The predicted octanol–water partition coefficient (Wildman–Crippen LogP) is 1.49. The van der Waals surface area contributed by atoms with E-state index in [0.29, 0.717) is 5.75 Å². The van der Waals surface area contributed by atoms with Crippen LogP contribution in [0.2, 0.25) is 0 Å². The minimum Gasteiger partial charge on any atom is -0.508 e. The predicted molar refractivity (Wildman–Crippen MR) is 50.4 cm³/mol. The highest BCUT2D eigenvalue weighted by Crippen LogP contribution is 2.16. The maximum atomic E-state index is 10.5. The molecule has 0 aliphatic rings. The molecule has 14 heavy (non-hydrogen) atoms. The summed E-state index contributed by atoms with van der Waals surface area (Å²) in [6, 6.07) is 6.15. The summed E-state index contributed by atoms with van der Waals surface area (Å²) in [6.07, 6.45) is 0. The van der Waals surface area contributed by atoms with Gasteiger partial charge in [-0.05, 0) is 31.2 Å². The van der Waals surface area contributed by atoms with E-state index in [1.165, 1.54) is 12.1 Å². The van der Waals surface area contributed by atoms with Gasteiger partial charge in [0.15, 0.2) is 0 Å². The lowest BCUT2D eigenvalue weighted by Gasteiger charge is -2.08. The summed E-state index contributed by atoms with van der Waals surface area (Å²) in [4.78, 5) is 10.5. The van der Waals surface area contributed by atoms with Crippen LogP contribution in [-0.2, 0) is 4.79 Å². The molecule has 0 aromatic heterocycles. The highest BCUT2D eigenvalue weighted by atomic mass is 16.5. The summed E-state index contributed by atoms with van der Waals surface area (Å²) in [5.74, 6) is -0.716. The lowest BCUT2D eigenvalue weighted by molar-refractivity contribution is -0.142. The number of phenols is 1. The number of ether oxygens (including phenoxy) is 1. The van der Waals surface area contributed by atoms with Gasteiger partial charge in [-0.2, -0.15) is 0 Å². The first-order valence-corrected chi connectivity index (χ1v) is 4.24. The maximum absolute atomic E-state index is 10.5. The Kier molecular flexibility index (Phi) is 3.34. The van der Waals surface area contributed by atoms with Gasteiger partial charge in [0.25, 0.3) is 0 Å². The van der Waals surface area contributed by atoms with Crippen LogP contribution in [0.5, 0.6) is 11.5 Å². The Bertz CT molecular complexity index is 304. The summed E-state index contributed by atoms with van der Waals surface area (Å²) in [5, 5.41) is 17.6. The van der Waals surface area contributed by atoms with E-state index in [1.807, 2.05) is 0 Å². The van der Waals surface area contributed by atoms with E-state index in [1.54, 1.807) is 19.1 Å². The number of aromatic hydroxyl groups is 1. The number of aliphatic carboxylic acids is 1. The smallest absolute Gasteiger partial charge is 0.309 e. The molecule has 1 aromatic carbocycles. The number of carbonyl (C=O) groups is 1. The highest BCUT2D eigenvalue weighted by Gasteiger charge is 2.11. The van der Waals surface area contributed by atoms with Crippen molar-refractivity contribution in [1.82, 2.24) is 0 Å². The van der Waals surface area contributed by atoms with Crippen LogP contribution in [0.4, 0.5) is 0 Å². The van der Waals surface area contributed by atoms with Gasteiger partial charge < -0.3 is 14.9 Å². The van der Waals surface area contributed by atoms with Crippen molar-refractivity contribution in [1.29, 1.82) is 0 Å². The molecule has 0 fully saturated rings. The molecule has 76 valence electrons. The van der Waals surface area contributed by atoms with E-state index in [4.69, 9.17) is 14.9 Å². The molecule has 4 nitrogen and oxygen atoms in total. The Labute approximate surface area is 81.8 Å². The molecule has 0 aliphatic heterocycles. The lowest BCUT2D eigenvalue weighted by Crippen LogP contribution is -2.17. The topological polar surface area (TPSA) is 66.8 Å². The molecule has 2 N–H and O–H groups in total. The molecule has 4 heteroatoms. The van der Waals surface area contributed by atoms with Crippen LogP contribution in [0.25, 0.3) is 0 Å². The molecule has 0 bridgehead atoms. The zero-order chi connectivity index (χ0) is 10.6. The fourth-order valence-electron chi connectivity index (χ4n) is 0.835. The van der Waals surface area contributed by atoms with Crippen LogP contribution in [0.15, 0.2) is 24.3 Å². The van der Waals surface area contributed by atoms with Crippen LogP contribution in [0.1, 0.15) is 6.92 Å². The minimum atomic E-state index is -0.885. The molecular weight excluding hydrogens is 184 g/mol. The SMILES string of the molecule is CC(COc1ccc(O)cc1)C(=O)O. The Morgan fingerprint density at radius 2 is 2.00 bits per heavy atom. The van der Waals surface area contributed by atoms with Crippen molar-refractivity contribution < 1.29 is 19.7 Å². The average Bonchev–Trinajstić information content (AvgIpc) is 2.16. The molecule has 0 amide bonds. The van der Waals surface area contributed by atoms with E-state index in [0.717, 1.165) is 0 Å². The zero-order valence-electron chi connectivity index (χ0n) is 7.80. The standard InChI is InChI=1S/C10H12O4/c1-7(10(12)13)6-14-9-4-2-8(11)3-5-9/h2-5,7,11H,6H2,1H3,(H,12,13). The van der Waals surface area contributed by atoms with Crippen molar-refractivity contribution in [3.8, 4) is 11.5 Å². The number of hydrogen-bond acceptors (Lipinski definition) is 3. The first-order valence-electron chi connectivity index (χ1n) is 4.24. The molecule has 0 radical (unpaired) electrons. The van der Waals surface area contributed by atoms with Crippen molar-refractivity contribution >= 4 is 5.97 Å². The van der Waals surface area contributed by atoms with E-state index in [-0.39, 0.29) is 12.4 Å². The second-order valence-corrected chi connectivity index (χ2v) is 3.04. The van der Waals surface area contributed by atoms with Crippen LogP contribution in [0.3, 0.4) is 0 Å². The summed E-state index contributed by atoms with van der Waals surface area (Å²) in [6.45, 7) is 1.70. The van der Waals surface area contributed by atoms with Crippen LogP contribution in [-0.4, -0.2) is 22.8 Å². The van der Waals surface area contributed by atoms with Crippen molar-refractivity contribution in [2.24, 2.45) is 5.92 Å². The average molecular weight is 196 g/mol. The third kappa shape index (κ3) is 2.97. The fourth-order valence-corrected chi connectivity index (χ4v) is 0.835. The number of phenolic OH excluding ortho intramolecular Hbond substituents is 1. The first-order chi connectivity index (χ1) is 6.59. The normalized spacial score (nSPS) is 12.1. The second-order valence-electron chi connectivity index (χ2n) is 3.04. The molecule has 0 saturated carbocycles. The number of hydrogen-bond donors (Lipinski definition) is 2. The van der Waals surface area contributed by atoms with Crippen molar-refractivity contribution in [3.05, 3.63) is 24.3 Å². The number of rotatable bonds is 4. The third-order valence-electron chi connectivity index (χ3n) is 1.76. The Balaban J connectivity index is 2.46. The van der Waals surface area contributed by atoms with Gasteiger partial charge in [-0.1, -0.05) is 0 Å². The zero-order valence-corrected chi connectivity index (χ0v) is 7.80. The molecule has 0 saturated heterocycles. The van der Waals surface area contributed by atoms with Gasteiger partial charge in [0, 0.05) is 0 Å². The Morgan fingerprint density at radius 3 is 2.50 bits per heavy atom. The molecule has 1 unspecified atom stereocenters. The minimum absolute atomic E-state index is 0.125. The van der Waals surface area contributed by atoms with Crippen LogP contribution in [0, 0.1) is 5.92 Å². The lowest BCUT2D eigenvalue weighted by atomic mass is 10.2. The molecule has 0 heterocycles. The first kappa shape index (κ1) is 10.4. The van der Waals surface area contributed by atoms with Crippen molar-refractivity contribution in [2.75, 3.05) is 6.61 Å². The summed E-state index contributed by atoms with van der Waals surface area (Å²) in [7, 11) is 0. The van der Waals surface area contributed by atoms with Gasteiger partial charge >= 0.3 is 5.97 Å². The monoisotopic (exact) mass is 196 g/mol. The quantitative estimate of drug-likeness (QED) is 0.765. The van der Waals surface area contributed by atoms with Gasteiger partial charge in [-0.3, -0.25) is 4.79 Å². The number of carboxylic acid groups (broad SMARTS) is 1. The van der Waals surface area contributed by atoms with Crippen molar-refractivity contribution in [3.63, 3.8) is 0 Å².